The fourth-order valence-electron chi connectivity index (χ4n) is 3.26. The molecule has 7 heteroatoms. The Kier molecular flexibility index (Phi) is 7.37. The summed E-state index contributed by atoms with van der Waals surface area (Å²) in [5, 5.41) is 0. The fraction of sp³-hybridized carbons (Fsp3) is 0.667. The molecule has 2 rings (SSSR count). The Labute approximate surface area is 169 Å². The van der Waals surface area contributed by atoms with Crippen LogP contribution >= 0.6 is 0 Å². The molecule has 6 nitrogen and oxygen atoms in total. The van der Waals surface area contributed by atoms with Crippen molar-refractivity contribution >= 4 is 15.9 Å². The summed E-state index contributed by atoms with van der Waals surface area (Å²) in [7, 11) is -3.19. The molecule has 1 heterocycles. The van der Waals surface area contributed by atoms with Crippen LogP contribution in [0.5, 0.6) is 5.75 Å². The van der Waals surface area contributed by atoms with Crippen molar-refractivity contribution in [2.75, 3.05) is 19.3 Å². The highest BCUT2D eigenvalue weighted by atomic mass is 32.2. The van der Waals surface area contributed by atoms with Crippen molar-refractivity contribution in [3.05, 3.63) is 24.3 Å². The molecular weight excluding hydrogens is 378 g/mol. The second-order valence-corrected chi connectivity index (χ2v) is 10.7. The van der Waals surface area contributed by atoms with Crippen LogP contribution in [0.4, 0.5) is 4.79 Å². The fourth-order valence-corrected chi connectivity index (χ4v) is 3.89. The Hall–Kier alpha value is -1.76. The highest BCUT2D eigenvalue weighted by Gasteiger charge is 2.27. The van der Waals surface area contributed by atoms with Gasteiger partial charge in [0.05, 0.1) is 11.0 Å². The van der Waals surface area contributed by atoms with Crippen molar-refractivity contribution in [1.29, 1.82) is 0 Å². The Bertz CT molecular complexity index is 744. The third kappa shape index (κ3) is 7.34. The molecular formula is C21H33NO5S. The zero-order valence-electron chi connectivity index (χ0n) is 17.6. The minimum atomic E-state index is -3.19. The van der Waals surface area contributed by atoms with Gasteiger partial charge in [-0.15, -0.1) is 0 Å². The molecule has 1 atom stereocenters. The maximum absolute atomic E-state index is 12.1. The normalized spacial score (nSPS) is 17.2. The van der Waals surface area contributed by atoms with E-state index in [0.29, 0.717) is 16.6 Å². The average Bonchev–Trinajstić information content (AvgIpc) is 2.58. The van der Waals surface area contributed by atoms with Crippen LogP contribution in [0.2, 0.25) is 0 Å². The van der Waals surface area contributed by atoms with Gasteiger partial charge < -0.3 is 14.4 Å². The molecule has 1 unspecified atom stereocenters. The minimum absolute atomic E-state index is 0.0490. The number of carbonyl (C=O) groups excluding carboxylic acids is 1. The molecule has 28 heavy (non-hydrogen) atoms. The van der Waals surface area contributed by atoms with Gasteiger partial charge in [-0.3, -0.25) is 0 Å². The van der Waals surface area contributed by atoms with Crippen molar-refractivity contribution in [3.8, 4) is 5.75 Å². The molecule has 0 aromatic heterocycles. The zero-order valence-corrected chi connectivity index (χ0v) is 18.4. The van der Waals surface area contributed by atoms with Crippen molar-refractivity contribution in [2.45, 2.75) is 70.0 Å². The lowest BCUT2D eigenvalue weighted by Crippen LogP contribution is -2.41. The van der Waals surface area contributed by atoms with Crippen molar-refractivity contribution in [1.82, 2.24) is 4.90 Å². The molecule has 0 spiro atoms. The average molecular weight is 412 g/mol. The van der Waals surface area contributed by atoms with E-state index in [9.17, 15) is 13.2 Å². The van der Waals surface area contributed by atoms with Gasteiger partial charge in [0, 0.05) is 19.3 Å². The Balaban J connectivity index is 1.72. The SMILES string of the molecule is CC(CCC1CCN(C(=O)OC(C)(C)C)CC1)Oc1ccc(S(C)(=O)=O)cc1. The predicted molar refractivity (Wildman–Crippen MR) is 109 cm³/mol. The number of likely N-dealkylation sites (tertiary alicyclic amines) is 1. The highest BCUT2D eigenvalue weighted by Crippen LogP contribution is 2.25. The summed E-state index contributed by atoms with van der Waals surface area (Å²) < 4.78 is 34.4. The number of sulfone groups is 1. The molecule has 1 aliphatic rings. The molecule has 0 radical (unpaired) electrons. The minimum Gasteiger partial charge on any atom is -0.491 e. The predicted octanol–water partition coefficient (Wildman–Crippen LogP) is 4.28. The number of hydrogen-bond acceptors (Lipinski definition) is 5. The van der Waals surface area contributed by atoms with E-state index < -0.39 is 15.4 Å². The first kappa shape index (κ1) is 22.5. The number of piperidine rings is 1. The molecule has 1 aliphatic heterocycles. The van der Waals surface area contributed by atoms with E-state index in [4.69, 9.17) is 9.47 Å². The van der Waals surface area contributed by atoms with Crippen LogP contribution in [0.1, 0.15) is 53.4 Å². The molecule has 158 valence electrons. The molecule has 0 N–H and O–H groups in total. The van der Waals surface area contributed by atoms with E-state index in [0.717, 1.165) is 38.8 Å². The molecule has 1 amide bonds. The van der Waals surface area contributed by atoms with E-state index in [1.165, 1.54) is 6.26 Å². The monoisotopic (exact) mass is 411 g/mol. The second kappa shape index (κ2) is 9.16. The highest BCUT2D eigenvalue weighted by molar-refractivity contribution is 7.90. The van der Waals surface area contributed by atoms with Crippen LogP contribution < -0.4 is 4.74 Å². The molecule has 1 fully saturated rings. The van der Waals surface area contributed by atoms with Gasteiger partial charge in [0.15, 0.2) is 9.84 Å². The number of rotatable bonds is 6. The maximum Gasteiger partial charge on any atom is 0.410 e. The number of benzene rings is 1. The Morgan fingerprint density at radius 3 is 2.25 bits per heavy atom. The Morgan fingerprint density at radius 1 is 1.18 bits per heavy atom. The summed E-state index contributed by atoms with van der Waals surface area (Å²) in [6, 6.07) is 6.55. The summed E-state index contributed by atoms with van der Waals surface area (Å²) in [5.41, 5.74) is -0.458. The number of amides is 1. The quantitative estimate of drug-likeness (QED) is 0.698. The van der Waals surface area contributed by atoms with Crippen molar-refractivity contribution < 1.29 is 22.7 Å². The second-order valence-electron chi connectivity index (χ2n) is 8.66. The van der Waals surface area contributed by atoms with Crippen LogP contribution in [0.25, 0.3) is 0 Å². The lowest BCUT2D eigenvalue weighted by Gasteiger charge is -2.33. The zero-order chi connectivity index (χ0) is 20.9. The van der Waals surface area contributed by atoms with Gasteiger partial charge in [0.25, 0.3) is 0 Å². The van der Waals surface area contributed by atoms with Crippen LogP contribution in [-0.2, 0) is 14.6 Å². The third-order valence-electron chi connectivity index (χ3n) is 4.84. The third-order valence-corrected chi connectivity index (χ3v) is 5.97. The van der Waals surface area contributed by atoms with Gasteiger partial charge in [0.2, 0.25) is 0 Å². The summed E-state index contributed by atoms with van der Waals surface area (Å²) in [6.45, 7) is 9.15. The lowest BCUT2D eigenvalue weighted by atomic mass is 9.91. The van der Waals surface area contributed by atoms with Crippen LogP contribution in [0.15, 0.2) is 29.2 Å². The summed E-state index contributed by atoms with van der Waals surface area (Å²) in [6.07, 6.45) is 4.95. The van der Waals surface area contributed by atoms with Gasteiger partial charge in [-0.2, -0.15) is 0 Å². The first-order valence-electron chi connectivity index (χ1n) is 9.89. The van der Waals surface area contributed by atoms with E-state index >= 15 is 0 Å². The number of ether oxygens (including phenoxy) is 2. The molecule has 1 saturated heterocycles. The molecule has 1 aromatic rings. The largest absolute Gasteiger partial charge is 0.491 e. The van der Waals surface area contributed by atoms with Gasteiger partial charge >= 0.3 is 6.09 Å². The summed E-state index contributed by atoms with van der Waals surface area (Å²) in [5.74, 6) is 1.26. The van der Waals surface area contributed by atoms with E-state index in [2.05, 4.69) is 0 Å². The van der Waals surface area contributed by atoms with Crippen LogP contribution in [0, 0.1) is 5.92 Å². The molecule has 0 bridgehead atoms. The first-order valence-corrected chi connectivity index (χ1v) is 11.8. The number of nitrogens with zero attached hydrogens (tertiary/aromatic N) is 1. The first-order chi connectivity index (χ1) is 12.9. The van der Waals surface area contributed by atoms with Crippen LogP contribution in [0.3, 0.4) is 0 Å². The van der Waals surface area contributed by atoms with E-state index in [1.54, 1.807) is 29.2 Å². The maximum atomic E-state index is 12.1. The van der Waals surface area contributed by atoms with E-state index in [-0.39, 0.29) is 12.2 Å². The lowest BCUT2D eigenvalue weighted by molar-refractivity contribution is 0.0177. The van der Waals surface area contributed by atoms with Crippen molar-refractivity contribution in [3.63, 3.8) is 0 Å². The van der Waals surface area contributed by atoms with Gasteiger partial charge in [-0.05, 0) is 83.6 Å². The summed E-state index contributed by atoms with van der Waals surface area (Å²) in [4.78, 5) is 14.2. The van der Waals surface area contributed by atoms with Gasteiger partial charge in [-0.1, -0.05) is 0 Å². The topological polar surface area (TPSA) is 72.9 Å². The van der Waals surface area contributed by atoms with Crippen molar-refractivity contribution in [2.24, 2.45) is 5.92 Å². The molecule has 1 aromatic carbocycles. The standard InChI is InChI=1S/C21H33NO5S/c1-16(26-18-8-10-19(11-9-18)28(5,24)25)6-7-17-12-14-22(15-13-17)20(23)27-21(2,3)4/h8-11,16-17H,6-7,12-15H2,1-5H3. The number of carbonyl (C=O) groups is 1. The summed E-state index contributed by atoms with van der Waals surface area (Å²) >= 11 is 0. The van der Waals surface area contributed by atoms with E-state index in [1.807, 2.05) is 27.7 Å². The Morgan fingerprint density at radius 2 is 1.75 bits per heavy atom. The number of hydrogen-bond donors (Lipinski definition) is 0. The smallest absolute Gasteiger partial charge is 0.410 e. The van der Waals surface area contributed by atoms with Gasteiger partial charge in [0.1, 0.15) is 11.4 Å². The molecule has 0 aliphatic carbocycles. The molecule has 0 saturated carbocycles. The van der Waals surface area contributed by atoms with Gasteiger partial charge in [-0.25, -0.2) is 13.2 Å². The van der Waals surface area contributed by atoms with Crippen LogP contribution in [-0.4, -0.2) is 50.5 Å².